The maximum absolute atomic E-state index is 13.0. The summed E-state index contributed by atoms with van der Waals surface area (Å²) in [6.45, 7) is 2.33. The lowest BCUT2D eigenvalue weighted by Crippen LogP contribution is -2.49. The van der Waals surface area contributed by atoms with Gasteiger partial charge in [0.2, 0.25) is 12.3 Å². The van der Waals surface area contributed by atoms with Crippen LogP contribution in [0.2, 0.25) is 0 Å². The second-order valence-corrected chi connectivity index (χ2v) is 7.48. The predicted molar refractivity (Wildman–Crippen MR) is 111 cm³/mol. The van der Waals surface area contributed by atoms with Crippen LogP contribution in [-0.4, -0.2) is 45.9 Å². The second-order valence-electron chi connectivity index (χ2n) is 7.48. The molecule has 0 aliphatic carbocycles. The summed E-state index contributed by atoms with van der Waals surface area (Å²) in [4.78, 5) is 14.7. The van der Waals surface area contributed by atoms with Gasteiger partial charge in [-0.15, -0.1) is 10.2 Å². The summed E-state index contributed by atoms with van der Waals surface area (Å²) in [6, 6.07) is 13.9. The van der Waals surface area contributed by atoms with E-state index in [-0.39, 0.29) is 12.1 Å². The Morgan fingerprint density at radius 3 is 2.80 bits per heavy atom. The number of benzene rings is 2. The molecule has 2 aromatic carbocycles. The molecule has 2 amide bonds. The van der Waals surface area contributed by atoms with Crippen LogP contribution in [0.5, 0.6) is 5.75 Å². The Morgan fingerprint density at radius 2 is 2.10 bits per heavy atom. The highest BCUT2D eigenvalue weighted by molar-refractivity contribution is 5.90. The average Bonchev–Trinajstić information content (AvgIpc) is 3.46. The monoisotopic (exact) mass is 408 g/mol. The number of rotatable bonds is 5. The number of likely N-dealkylation sites (tertiary alicyclic amines) is 1. The topological polar surface area (TPSA) is 101 Å². The zero-order chi connectivity index (χ0) is 21.1. The molecule has 0 saturated carbocycles. The highest BCUT2D eigenvalue weighted by atomic mass is 16.5. The fourth-order valence-electron chi connectivity index (χ4n) is 3.94. The van der Waals surface area contributed by atoms with Gasteiger partial charge in [0.15, 0.2) is 0 Å². The van der Waals surface area contributed by atoms with Gasteiger partial charge in [-0.25, -0.2) is 4.79 Å². The zero-order valence-electron chi connectivity index (χ0n) is 16.9. The van der Waals surface area contributed by atoms with Crippen molar-refractivity contribution in [3.8, 4) is 17.2 Å². The van der Waals surface area contributed by atoms with Crippen LogP contribution in [0.15, 0.2) is 59.3 Å². The van der Waals surface area contributed by atoms with Gasteiger partial charge in [0.1, 0.15) is 11.4 Å². The Balaban J connectivity index is 1.51. The number of carbonyl (C=O) groups is 1. The number of ether oxygens (including phenoxy) is 1. The molecule has 2 heterocycles. The van der Waals surface area contributed by atoms with Crippen molar-refractivity contribution in [2.24, 2.45) is 0 Å². The van der Waals surface area contributed by atoms with E-state index in [1.807, 2.05) is 36.4 Å². The lowest BCUT2D eigenvalue weighted by molar-refractivity contribution is -0.00944. The van der Waals surface area contributed by atoms with Gasteiger partial charge < -0.3 is 24.5 Å². The standard InChI is InChI=1S/C22H24N4O4/c1-22(28,16-8-10-18(29-2)11-9-16)19-7-4-12-26(19)21(27)24-17-6-3-5-15(13-17)20-25-23-14-30-20/h3,5-6,8-11,13-14,19,28H,4,7,12H2,1-2H3,(H,24,27)/t19-,22-/m1/s1. The minimum absolute atomic E-state index is 0.256. The first kappa shape index (κ1) is 19.9. The largest absolute Gasteiger partial charge is 0.497 e. The van der Waals surface area contributed by atoms with Gasteiger partial charge in [0.05, 0.1) is 13.2 Å². The third-order valence-corrected chi connectivity index (χ3v) is 5.56. The summed E-state index contributed by atoms with van der Waals surface area (Å²) >= 11 is 0. The van der Waals surface area contributed by atoms with Gasteiger partial charge in [-0.05, 0) is 55.7 Å². The molecule has 1 aliphatic heterocycles. The Kier molecular flexibility index (Phi) is 5.41. The lowest BCUT2D eigenvalue weighted by Gasteiger charge is -2.37. The van der Waals surface area contributed by atoms with Crippen molar-refractivity contribution in [2.75, 3.05) is 19.0 Å². The van der Waals surface area contributed by atoms with E-state index in [1.165, 1.54) is 6.39 Å². The number of methoxy groups -OCH3 is 1. The summed E-state index contributed by atoms with van der Waals surface area (Å²) in [5.41, 5.74) is 0.886. The molecular weight excluding hydrogens is 384 g/mol. The summed E-state index contributed by atoms with van der Waals surface area (Å²) in [5.74, 6) is 1.10. The van der Waals surface area contributed by atoms with Crippen LogP contribution >= 0.6 is 0 Å². The number of carbonyl (C=O) groups excluding carboxylic acids is 1. The fourth-order valence-corrected chi connectivity index (χ4v) is 3.94. The number of anilines is 1. The number of amides is 2. The van der Waals surface area contributed by atoms with Crippen molar-refractivity contribution in [3.63, 3.8) is 0 Å². The van der Waals surface area contributed by atoms with Gasteiger partial charge in [0.25, 0.3) is 0 Å². The third-order valence-electron chi connectivity index (χ3n) is 5.56. The first-order chi connectivity index (χ1) is 14.5. The van der Waals surface area contributed by atoms with Gasteiger partial charge in [-0.1, -0.05) is 18.2 Å². The number of aliphatic hydroxyl groups is 1. The molecule has 2 N–H and O–H groups in total. The molecule has 8 nitrogen and oxygen atoms in total. The van der Waals surface area contributed by atoms with Crippen LogP contribution in [0.4, 0.5) is 10.5 Å². The van der Waals surface area contributed by atoms with Crippen LogP contribution in [0.1, 0.15) is 25.3 Å². The third kappa shape index (κ3) is 3.86. The average molecular weight is 408 g/mol. The number of hydrogen-bond donors (Lipinski definition) is 2. The highest BCUT2D eigenvalue weighted by Crippen LogP contribution is 2.35. The molecule has 2 atom stereocenters. The molecule has 1 fully saturated rings. The van der Waals surface area contributed by atoms with Crippen molar-refractivity contribution in [2.45, 2.75) is 31.4 Å². The molecule has 30 heavy (non-hydrogen) atoms. The summed E-state index contributed by atoms with van der Waals surface area (Å²) in [7, 11) is 1.60. The summed E-state index contributed by atoms with van der Waals surface area (Å²) in [5, 5.41) is 21.8. The minimum atomic E-state index is -1.19. The van der Waals surface area contributed by atoms with E-state index in [4.69, 9.17) is 9.15 Å². The van der Waals surface area contributed by atoms with Crippen LogP contribution in [-0.2, 0) is 5.60 Å². The van der Waals surface area contributed by atoms with Crippen molar-refractivity contribution < 1.29 is 19.1 Å². The number of hydrogen-bond acceptors (Lipinski definition) is 6. The second kappa shape index (κ2) is 8.16. The predicted octanol–water partition coefficient (Wildman–Crippen LogP) is 3.65. The fraction of sp³-hybridized carbons (Fsp3) is 0.318. The summed E-state index contributed by atoms with van der Waals surface area (Å²) < 4.78 is 10.4. The number of aromatic nitrogens is 2. The van der Waals surface area contributed by atoms with Gasteiger partial charge in [-0.2, -0.15) is 0 Å². The molecule has 1 aromatic heterocycles. The first-order valence-electron chi connectivity index (χ1n) is 9.80. The normalized spacial score (nSPS) is 18.1. The molecule has 156 valence electrons. The number of nitrogens with zero attached hydrogens (tertiary/aromatic N) is 3. The molecule has 0 bridgehead atoms. The molecule has 0 spiro atoms. The van der Waals surface area contributed by atoms with E-state index < -0.39 is 5.60 Å². The van der Waals surface area contributed by atoms with Gasteiger partial charge >= 0.3 is 6.03 Å². The van der Waals surface area contributed by atoms with E-state index in [9.17, 15) is 9.90 Å². The quantitative estimate of drug-likeness (QED) is 0.668. The molecule has 1 saturated heterocycles. The highest BCUT2D eigenvalue weighted by Gasteiger charge is 2.42. The Hall–Kier alpha value is -3.39. The van der Waals surface area contributed by atoms with Gasteiger partial charge in [-0.3, -0.25) is 0 Å². The molecule has 0 unspecified atom stereocenters. The Morgan fingerprint density at radius 1 is 1.30 bits per heavy atom. The van der Waals surface area contributed by atoms with Crippen molar-refractivity contribution in [1.29, 1.82) is 0 Å². The van der Waals surface area contributed by atoms with Crippen LogP contribution in [0, 0.1) is 0 Å². The zero-order valence-corrected chi connectivity index (χ0v) is 16.9. The molecular formula is C22H24N4O4. The van der Waals surface area contributed by atoms with E-state index >= 15 is 0 Å². The Bertz CT molecular complexity index is 1000. The van der Waals surface area contributed by atoms with Crippen LogP contribution in [0.3, 0.4) is 0 Å². The maximum atomic E-state index is 13.0. The summed E-state index contributed by atoms with van der Waals surface area (Å²) in [6.07, 6.45) is 2.80. The molecule has 4 rings (SSSR count). The smallest absolute Gasteiger partial charge is 0.322 e. The van der Waals surface area contributed by atoms with E-state index in [0.717, 1.165) is 17.7 Å². The number of nitrogens with one attached hydrogen (secondary N) is 1. The van der Waals surface area contributed by atoms with Gasteiger partial charge in [0, 0.05) is 17.8 Å². The van der Waals surface area contributed by atoms with Crippen LogP contribution < -0.4 is 10.1 Å². The number of urea groups is 1. The van der Waals surface area contributed by atoms with Crippen molar-refractivity contribution in [1.82, 2.24) is 15.1 Å². The molecule has 0 radical (unpaired) electrons. The SMILES string of the molecule is COc1ccc([C@@](C)(O)[C@H]2CCCN2C(=O)Nc2cccc(-c3nnco3)c2)cc1. The Labute approximate surface area is 174 Å². The first-order valence-corrected chi connectivity index (χ1v) is 9.80. The van der Waals surface area contributed by atoms with E-state index in [2.05, 4.69) is 15.5 Å². The van der Waals surface area contributed by atoms with Crippen LogP contribution in [0.25, 0.3) is 11.5 Å². The van der Waals surface area contributed by atoms with E-state index in [0.29, 0.717) is 30.1 Å². The molecule has 8 heteroatoms. The lowest BCUT2D eigenvalue weighted by atomic mass is 9.86. The minimum Gasteiger partial charge on any atom is -0.497 e. The maximum Gasteiger partial charge on any atom is 0.322 e. The van der Waals surface area contributed by atoms with Crippen molar-refractivity contribution in [3.05, 3.63) is 60.5 Å². The van der Waals surface area contributed by atoms with Crippen molar-refractivity contribution >= 4 is 11.7 Å². The van der Waals surface area contributed by atoms with E-state index in [1.54, 1.807) is 31.1 Å². The molecule has 1 aliphatic rings. The molecule has 3 aromatic rings.